The maximum Gasteiger partial charge on any atom is 0.0223 e. The van der Waals surface area contributed by atoms with Gasteiger partial charge in [0.25, 0.3) is 0 Å². The van der Waals surface area contributed by atoms with Gasteiger partial charge in [0.2, 0.25) is 0 Å². The number of thiophene rings is 1. The highest BCUT2D eigenvalue weighted by Gasteiger charge is 2.05. The van der Waals surface area contributed by atoms with Gasteiger partial charge in [0.05, 0.1) is 0 Å². The Balaban J connectivity index is 1.77. The van der Waals surface area contributed by atoms with E-state index in [1.54, 1.807) is 0 Å². The normalized spacial score (nSPS) is 12.8. The van der Waals surface area contributed by atoms with E-state index in [1.165, 1.54) is 21.7 Å². The lowest BCUT2D eigenvalue weighted by Crippen LogP contribution is -2.27. The van der Waals surface area contributed by atoms with Crippen LogP contribution in [0.1, 0.15) is 35.6 Å². The summed E-state index contributed by atoms with van der Waals surface area (Å²) in [7, 11) is 0. The maximum atomic E-state index is 3.61. The first-order valence-electron chi connectivity index (χ1n) is 7.10. The van der Waals surface area contributed by atoms with Crippen molar-refractivity contribution in [3.05, 3.63) is 45.9 Å². The molecule has 0 saturated carbocycles. The van der Waals surface area contributed by atoms with E-state index in [0.717, 1.165) is 19.5 Å². The van der Waals surface area contributed by atoms with Crippen molar-refractivity contribution < 1.29 is 0 Å². The predicted octanol–water partition coefficient (Wildman–Crippen LogP) is 3.99. The second-order valence-electron chi connectivity index (χ2n) is 5.26. The monoisotopic (exact) mass is 276 g/mol. The molecule has 2 aromatic rings. The zero-order chi connectivity index (χ0) is 13.7. The van der Waals surface area contributed by atoms with Crippen molar-refractivity contribution in [2.75, 3.05) is 0 Å². The van der Waals surface area contributed by atoms with Gasteiger partial charge < -0.3 is 9.88 Å². The molecule has 2 nitrogen and oxygen atoms in total. The third kappa shape index (κ3) is 4.51. The smallest absolute Gasteiger partial charge is 0.0223 e. The van der Waals surface area contributed by atoms with Crippen LogP contribution in [0.15, 0.2) is 30.6 Å². The van der Waals surface area contributed by atoms with E-state index < -0.39 is 0 Å². The van der Waals surface area contributed by atoms with Gasteiger partial charge in [-0.1, -0.05) is 6.92 Å². The third-order valence-electron chi connectivity index (χ3n) is 3.25. The SMILES string of the molecule is CCCn1ccc(CNC(C)Cc2ccc(C)s2)c1. The van der Waals surface area contributed by atoms with Crippen molar-refractivity contribution in [2.45, 2.75) is 52.7 Å². The molecule has 104 valence electrons. The van der Waals surface area contributed by atoms with Gasteiger partial charge in [0, 0.05) is 41.3 Å². The molecule has 0 spiro atoms. The Labute approximate surface area is 120 Å². The summed E-state index contributed by atoms with van der Waals surface area (Å²) < 4.78 is 2.27. The van der Waals surface area contributed by atoms with Crippen LogP contribution in [0.5, 0.6) is 0 Å². The van der Waals surface area contributed by atoms with Gasteiger partial charge in [0.1, 0.15) is 0 Å². The Hall–Kier alpha value is -1.06. The number of aromatic nitrogens is 1. The summed E-state index contributed by atoms with van der Waals surface area (Å²) in [5.41, 5.74) is 1.38. The van der Waals surface area contributed by atoms with E-state index in [-0.39, 0.29) is 0 Å². The molecule has 1 atom stereocenters. The summed E-state index contributed by atoms with van der Waals surface area (Å²) in [6, 6.07) is 7.19. The highest BCUT2D eigenvalue weighted by molar-refractivity contribution is 7.11. The fourth-order valence-electron chi connectivity index (χ4n) is 2.25. The van der Waals surface area contributed by atoms with E-state index in [9.17, 15) is 0 Å². The van der Waals surface area contributed by atoms with Crippen molar-refractivity contribution in [3.63, 3.8) is 0 Å². The molecule has 1 N–H and O–H groups in total. The van der Waals surface area contributed by atoms with E-state index >= 15 is 0 Å². The van der Waals surface area contributed by atoms with Gasteiger partial charge in [-0.2, -0.15) is 0 Å². The Bertz CT molecular complexity index is 498. The van der Waals surface area contributed by atoms with E-state index in [1.807, 2.05) is 11.3 Å². The molecule has 0 radical (unpaired) electrons. The molecule has 2 heterocycles. The van der Waals surface area contributed by atoms with Gasteiger partial charge in [-0.15, -0.1) is 11.3 Å². The van der Waals surface area contributed by atoms with Crippen molar-refractivity contribution in [1.82, 2.24) is 9.88 Å². The topological polar surface area (TPSA) is 17.0 Å². The molecule has 0 fully saturated rings. The quantitative estimate of drug-likeness (QED) is 0.809. The second kappa shape index (κ2) is 6.92. The van der Waals surface area contributed by atoms with Crippen LogP contribution in [-0.4, -0.2) is 10.6 Å². The van der Waals surface area contributed by atoms with Gasteiger partial charge in [-0.25, -0.2) is 0 Å². The second-order valence-corrected chi connectivity index (χ2v) is 6.63. The van der Waals surface area contributed by atoms with Crippen molar-refractivity contribution in [3.8, 4) is 0 Å². The van der Waals surface area contributed by atoms with Crippen LogP contribution in [0, 0.1) is 6.92 Å². The van der Waals surface area contributed by atoms with Gasteiger partial charge in [-0.3, -0.25) is 0 Å². The minimum Gasteiger partial charge on any atom is -0.354 e. The molecule has 0 amide bonds. The molecule has 0 aliphatic heterocycles. The Kier molecular flexibility index (Phi) is 5.23. The lowest BCUT2D eigenvalue weighted by Gasteiger charge is -2.12. The lowest BCUT2D eigenvalue weighted by molar-refractivity contribution is 0.547. The Morgan fingerprint density at radius 1 is 1.32 bits per heavy atom. The van der Waals surface area contributed by atoms with Crippen LogP contribution in [0.25, 0.3) is 0 Å². The first-order chi connectivity index (χ1) is 9.17. The lowest BCUT2D eigenvalue weighted by atomic mass is 10.2. The van der Waals surface area contributed by atoms with Crippen LogP contribution < -0.4 is 5.32 Å². The summed E-state index contributed by atoms with van der Waals surface area (Å²) in [6.07, 6.45) is 6.73. The number of hydrogen-bond acceptors (Lipinski definition) is 2. The molecule has 1 unspecified atom stereocenters. The highest BCUT2D eigenvalue weighted by Crippen LogP contribution is 2.16. The summed E-state index contributed by atoms with van der Waals surface area (Å²) in [5, 5.41) is 3.61. The summed E-state index contributed by atoms with van der Waals surface area (Å²) in [6.45, 7) is 8.72. The number of hydrogen-bond donors (Lipinski definition) is 1. The number of aryl methyl sites for hydroxylation is 2. The van der Waals surface area contributed by atoms with Crippen molar-refractivity contribution in [1.29, 1.82) is 0 Å². The number of rotatable bonds is 7. The predicted molar refractivity (Wildman–Crippen MR) is 83.8 cm³/mol. The molecule has 0 aromatic carbocycles. The van der Waals surface area contributed by atoms with Crippen LogP contribution in [-0.2, 0) is 19.5 Å². The molecule has 0 aliphatic carbocycles. The Morgan fingerprint density at radius 3 is 2.84 bits per heavy atom. The highest BCUT2D eigenvalue weighted by atomic mass is 32.1. The molecule has 3 heteroatoms. The largest absolute Gasteiger partial charge is 0.354 e. The standard InChI is InChI=1S/C16H24N2S/c1-4-8-18-9-7-15(12-18)11-17-13(2)10-16-6-5-14(3)19-16/h5-7,9,12-13,17H,4,8,10-11H2,1-3H3. The van der Waals surface area contributed by atoms with Gasteiger partial charge >= 0.3 is 0 Å². The molecule has 2 aromatic heterocycles. The maximum absolute atomic E-state index is 3.61. The van der Waals surface area contributed by atoms with Gasteiger partial charge in [-0.05, 0) is 50.5 Å². The first-order valence-corrected chi connectivity index (χ1v) is 7.92. The minimum atomic E-state index is 0.521. The average Bonchev–Trinajstić information content (AvgIpc) is 2.97. The van der Waals surface area contributed by atoms with Crippen LogP contribution in [0.2, 0.25) is 0 Å². The first kappa shape index (κ1) is 14.4. The molecular formula is C16H24N2S. The fourth-order valence-corrected chi connectivity index (χ4v) is 3.27. The van der Waals surface area contributed by atoms with Crippen LogP contribution in [0.3, 0.4) is 0 Å². The molecule has 0 bridgehead atoms. The fraction of sp³-hybridized carbons (Fsp3) is 0.500. The molecule has 19 heavy (non-hydrogen) atoms. The van der Waals surface area contributed by atoms with Crippen LogP contribution in [0.4, 0.5) is 0 Å². The zero-order valence-electron chi connectivity index (χ0n) is 12.1. The van der Waals surface area contributed by atoms with E-state index in [4.69, 9.17) is 0 Å². The Morgan fingerprint density at radius 2 is 2.16 bits per heavy atom. The van der Waals surface area contributed by atoms with Gasteiger partial charge in [0.15, 0.2) is 0 Å². The minimum absolute atomic E-state index is 0.521. The molecule has 0 saturated heterocycles. The third-order valence-corrected chi connectivity index (χ3v) is 4.27. The number of nitrogens with zero attached hydrogens (tertiary/aromatic N) is 1. The average molecular weight is 276 g/mol. The molecular weight excluding hydrogens is 252 g/mol. The summed E-state index contributed by atoms with van der Waals surface area (Å²) in [5.74, 6) is 0. The van der Waals surface area contributed by atoms with Crippen molar-refractivity contribution in [2.24, 2.45) is 0 Å². The summed E-state index contributed by atoms with van der Waals surface area (Å²) >= 11 is 1.90. The van der Waals surface area contributed by atoms with E-state index in [2.05, 4.69) is 61.2 Å². The zero-order valence-corrected chi connectivity index (χ0v) is 13.0. The summed E-state index contributed by atoms with van der Waals surface area (Å²) in [4.78, 5) is 2.87. The van der Waals surface area contributed by atoms with E-state index in [0.29, 0.717) is 6.04 Å². The van der Waals surface area contributed by atoms with Crippen molar-refractivity contribution >= 4 is 11.3 Å². The molecule has 2 rings (SSSR count). The number of nitrogens with one attached hydrogen (secondary N) is 1. The molecule has 0 aliphatic rings. The van der Waals surface area contributed by atoms with Crippen LogP contribution >= 0.6 is 11.3 Å².